The summed E-state index contributed by atoms with van der Waals surface area (Å²) in [4.78, 5) is 84.8. The van der Waals surface area contributed by atoms with Crippen LogP contribution in [0.3, 0.4) is 0 Å². The number of benzene rings is 2. The summed E-state index contributed by atoms with van der Waals surface area (Å²) >= 11 is 0. The zero-order valence-electron chi connectivity index (χ0n) is 26.2. The van der Waals surface area contributed by atoms with E-state index in [0.29, 0.717) is 0 Å². The molecule has 2 aliphatic carbocycles. The van der Waals surface area contributed by atoms with E-state index < -0.39 is 112 Å². The number of hydroxylamine groups is 1. The van der Waals surface area contributed by atoms with E-state index in [0.717, 1.165) is 13.0 Å². The van der Waals surface area contributed by atoms with Crippen LogP contribution in [0.1, 0.15) is 86.3 Å². The summed E-state index contributed by atoms with van der Waals surface area (Å²) < 4.78 is 17.3. The number of methoxy groups -OCH3 is 1. The second kappa shape index (κ2) is 12.4. The maximum absolute atomic E-state index is 13.8. The summed E-state index contributed by atoms with van der Waals surface area (Å²) in [6, 6.07) is 4.03. The molecule has 0 unspecified atom stereocenters. The molecule has 0 radical (unpaired) electrons. The van der Waals surface area contributed by atoms with Gasteiger partial charge in [-0.15, -0.1) is 5.48 Å². The molecule has 3 aromatic rings. The summed E-state index contributed by atoms with van der Waals surface area (Å²) in [6.07, 6.45) is -6.21. The molecule has 17 heteroatoms. The largest absolute Gasteiger partial charge is 0.507 e. The first-order chi connectivity index (χ1) is 23.1. The molecule has 2 aromatic carbocycles. The highest BCUT2D eigenvalue weighted by Gasteiger charge is 2.49. The summed E-state index contributed by atoms with van der Waals surface area (Å²) in [6.45, 7) is 2.59. The number of fused-ring (bicyclic) bond motifs is 3. The van der Waals surface area contributed by atoms with Crippen molar-refractivity contribution in [2.24, 2.45) is 0 Å². The number of aromatic amines is 2. The summed E-state index contributed by atoms with van der Waals surface area (Å²) in [5.74, 6) is -4.85. The molecule has 6 rings (SSSR count). The lowest BCUT2D eigenvalue weighted by atomic mass is 9.72. The van der Waals surface area contributed by atoms with Crippen molar-refractivity contribution < 1.29 is 58.7 Å². The normalized spacial score (nSPS) is 25.9. The quantitative estimate of drug-likeness (QED) is 0.0984. The van der Waals surface area contributed by atoms with E-state index in [4.69, 9.17) is 19.0 Å². The monoisotopic (exact) mass is 681 g/mol. The summed E-state index contributed by atoms with van der Waals surface area (Å²) in [5.41, 5.74) is -3.64. The van der Waals surface area contributed by atoms with Gasteiger partial charge in [0.15, 0.2) is 17.9 Å². The predicted molar refractivity (Wildman–Crippen MR) is 162 cm³/mol. The number of phenolic OH excluding ortho intramolecular Hbond substituents is 2. The van der Waals surface area contributed by atoms with E-state index in [1.54, 1.807) is 0 Å². The van der Waals surface area contributed by atoms with Crippen LogP contribution in [0, 0.1) is 0 Å². The first-order valence-electron chi connectivity index (χ1n) is 15.0. The number of aliphatic hydroxyl groups excluding tert-OH is 1. The molecular formula is C32H31N3O14. The minimum atomic E-state index is -2.14. The minimum absolute atomic E-state index is 0.0599. The zero-order chi connectivity index (χ0) is 35.5. The van der Waals surface area contributed by atoms with Crippen molar-refractivity contribution in [1.29, 1.82) is 0 Å². The number of nitrogens with one attached hydrogen (secondary N) is 3. The third kappa shape index (κ3) is 5.70. The van der Waals surface area contributed by atoms with Gasteiger partial charge in [-0.25, -0.2) is 9.59 Å². The number of ketones is 3. The van der Waals surface area contributed by atoms with Crippen LogP contribution >= 0.6 is 0 Å². The third-order valence-electron chi connectivity index (χ3n) is 9.04. The van der Waals surface area contributed by atoms with Gasteiger partial charge in [-0.2, -0.15) is 0 Å². The van der Waals surface area contributed by atoms with Crippen molar-refractivity contribution in [2.45, 2.75) is 69.4 Å². The number of aromatic nitrogens is 2. The maximum Gasteiger partial charge on any atom is 0.373 e. The molecule has 6 atom stereocenters. The number of carbonyl (C=O) groups excluding carboxylic acids is 4. The smallest absolute Gasteiger partial charge is 0.373 e. The number of aliphatic hydroxyl groups is 2. The van der Waals surface area contributed by atoms with Gasteiger partial charge in [-0.3, -0.25) is 24.2 Å². The molecule has 2 heterocycles. The molecule has 3 aliphatic rings. The van der Waals surface area contributed by atoms with Crippen molar-refractivity contribution in [1.82, 2.24) is 15.4 Å². The maximum atomic E-state index is 13.8. The highest BCUT2D eigenvalue weighted by molar-refractivity contribution is 6.31. The Balaban J connectivity index is 1.35. The second-order valence-electron chi connectivity index (χ2n) is 12.1. The average Bonchev–Trinajstić information content (AvgIpc) is 3.04. The fourth-order valence-corrected chi connectivity index (χ4v) is 6.50. The number of rotatable bonds is 7. The van der Waals surface area contributed by atoms with Crippen LogP contribution in [0.15, 0.2) is 33.9 Å². The molecule has 7 N–H and O–H groups in total. The Labute approximate surface area is 275 Å². The molecule has 1 aromatic heterocycles. The van der Waals surface area contributed by atoms with Gasteiger partial charge in [0.05, 0.1) is 48.2 Å². The highest BCUT2D eigenvalue weighted by Crippen LogP contribution is 2.52. The van der Waals surface area contributed by atoms with Gasteiger partial charge in [0.1, 0.15) is 28.5 Å². The Morgan fingerprint density at radius 2 is 1.76 bits per heavy atom. The lowest BCUT2D eigenvalue weighted by Gasteiger charge is -2.42. The van der Waals surface area contributed by atoms with Crippen molar-refractivity contribution in [2.75, 3.05) is 7.11 Å². The van der Waals surface area contributed by atoms with Gasteiger partial charge in [0.2, 0.25) is 5.78 Å². The van der Waals surface area contributed by atoms with Gasteiger partial charge in [0, 0.05) is 42.0 Å². The van der Waals surface area contributed by atoms with Crippen LogP contribution < -0.4 is 21.5 Å². The minimum Gasteiger partial charge on any atom is -0.507 e. The van der Waals surface area contributed by atoms with E-state index in [2.05, 4.69) is 10.5 Å². The Morgan fingerprint density at radius 3 is 2.43 bits per heavy atom. The number of Topliss-reactive ketones (excluding diaryl/α,β-unsaturated/α-hetero) is 1. The Kier molecular flexibility index (Phi) is 8.49. The number of H-pyrrole nitrogens is 2. The number of carbonyl (C=O) groups is 4. The predicted octanol–water partition coefficient (Wildman–Crippen LogP) is -0.192. The lowest BCUT2D eigenvalue weighted by Crippen LogP contribution is -2.54. The Hall–Kier alpha value is -5.20. The topological polar surface area (TPSA) is 264 Å². The summed E-state index contributed by atoms with van der Waals surface area (Å²) in [7, 11) is 1.30. The van der Waals surface area contributed by atoms with Crippen molar-refractivity contribution in [3.63, 3.8) is 0 Å². The Bertz CT molecular complexity index is 2010. The van der Waals surface area contributed by atoms with Gasteiger partial charge in [-0.05, 0) is 19.9 Å². The SMILES string of the molecule is COc1cccc2c1C(=O)c1c(O)c3c(c(O)c1C2=O)C[C@@](O)(C(C)=O)C[C@@H]3O[C@H]1C[C@H](NOC(=O)c2cc(=O)[nH]c(=O)[nH]2)[C@H](O)[C@H](C)O1. The van der Waals surface area contributed by atoms with E-state index in [1.165, 1.54) is 32.2 Å². The number of hydrogen-bond acceptors (Lipinski definition) is 15. The van der Waals surface area contributed by atoms with Crippen LogP contribution in [0.2, 0.25) is 0 Å². The van der Waals surface area contributed by atoms with Crippen molar-refractivity contribution >= 4 is 23.3 Å². The van der Waals surface area contributed by atoms with Crippen LogP contribution in [0.4, 0.5) is 0 Å². The second-order valence-corrected chi connectivity index (χ2v) is 12.1. The number of ether oxygens (including phenoxy) is 3. The molecule has 258 valence electrons. The lowest BCUT2D eigenvalue weighted by molar-refractivity contribution is -0.255. The van der Waals surface area contributed by atoms with E-state index in [9.17, 15) is 49.2 Å². The van der Waals surface area contributed by atoms with Gasteiger partial charge < -0.3 is 44.5 Å². The van der Waals surface area contributed by atoms with Gasteiger partial charge in [-0.1, -0.05) is 12.1 Å². The van der Waals surface area contributed by atoms with Crippen LogP contribution in [-0.2, 0) is 25.5 Å². The zero-order valence-corrected chi connectivity index (χ0v) is 26.2. The van der Waals surface area contributed by atoms with Crippen molar-refractivity contribution in [3.05, 3.63) is 84.2 Å². The summed E-state index contributed by atoms with van der Waals surface area (Å²) in [5, 5.41) is 45.3. The van der Waals surface area contributed by atoms with Gasteiger partial charge in [0.25, 0.3) is 5.56 Å². The van der Waals surface area contributed by atoms with E-state index in [-0.39, 0.29) is 34.4 Å². The first kappa shape index (κ1) is 33.7. The molecule has 1 fully saturated rings. The first-order valence-corrected chi connectivity index (χ1v) is 15.0. The number of hydrogen-bond donors (Lipinski definition) is 7. The molecule has 0 spiro atoms. The van der Waals surface area contributed by atoms with Crippen molar-refractivity contribution in [3.8, 4) is 17.2 Å². The highest BCUT2D eigenvalue weighted by atomic mass is 16.7. The molecule has 0 amide bonds. The van der Waals surface area contributed by atoms with Crippen LogP contribution in [0.25, 0.3) is 0 Å². The molecule has 49 heavy (non-hydrogen) atoms. The van der Waals surface area contributed by atoms with Crippen LogP contribution in [0.5, 0.6) is 17.2 Å². The fourth-order valence-electron chi connectivity index (χ4n) is 6.50. The fraction of sp³-hybridized carbons (Fsp3) is 0.375. The number of aromatic hydroxyl groups is 2. The van der Waals surface area contributed by atoms with E-state index >= 15 is 0 Å². The standard InChI is InChI=1S/C32H31N3O14/c1-11-25(38)15(35-49-30(43)16-7-19(37)34-31(44)33-16)8-20(47-11)48-18-10-32(45,12(2)36)9-14-22(18)29(42)24-23(27(14)40)26(39)13-5-4-6-17(46-3)21(13)28(24)41/h4-7,11,15,18,20,25,35,38,40,42,45H,8-10H2,1-3H3,(H2,33,34,37,44)/t11-,15-,18-,20-,25+,32-/m0/s1. The third-order valence-corrected chi connectivity index (χ3v) is 9.04. The molecule has 1 saturated heterocycles. The molecule has 0 bridgehead atoms. The van der Waals surface area contributed by atoms with E-state index in [1.807, 2.05) is 4.98 Å². The molecule has 1 aliphatic heterocycles. The Morgan fingerprint density at radius 1 is 1.04 bits per heavy atom. The average molecular weight is 682 g/mol. The molecular weight excluding hydrogens is 650 g/mol. The number of phenols is 2. The van der Waals surface area contributed by atoms with Gasteiger partial charge >= 0.3 is 11.7 Å². The molecule has 17 nitrogen and oxygen atoms in total. The van der Waals surface area contributed by atoms with Crippen LogP contribution in [-0.4, -0.2) is 91.0 Å². The molecule has 0 saturated carbocycles.